The molecule has 0 radical (unpaired) electrons. The molecular weight excluding hydrogens is 329 g/mol. The standard InChI is InChI=1S/C19H23ClFNO2/c1-19(2,3)18(24-5)15-8-12(10-20)6-7-13(15)14-9-17(23-4)22-11-16(14)21/h6-9,11,18H,10H2,1-5H3. The van der Waals surface area contributed by atoms with Gasteiger partial charge in [0.25, 0.3) is 0 Å². The molecule has 2 aromatic rings. The first-order chi connectivity index (χ1) is 11.3. The summed E-state index contributed by atoms with van der Waals surface area (Å²) in [7, 11) is 3.17. The van der Waals surface area contributed by atoms with Gasteiger partial charge in [-0.2, -0.15) is 0 Å². The topological polar surface area (TPSA) is 31.4 Å². The van der Waals surface area contributed by atoms with Crippen LogP contribution >= 0.6 is 11.6 Å². The van der Waals surface area contributed by atoms with Crippen LogP contribution < -0.4 is 4.74 Å². The van der Waals surface area contributed by atoms with E-state index in [4.69, 9.17) is 21.1 Å². The van der Waals surface area contributed by atoms with Gasteiger partial charge in [-0.15, -0.1) is 11.6 Å². The molecule has 5 heteroatoms. The predicted octanol–water partition coefficient (Wildman–Crippen LogP) is 5.37. The van der Waals surface area contributed by atoms with Gasteiger partial charge in [0.05, 0.1) is 19.4 Å². The third kappa shape index (κ3) is 3.87. The molecule has 0 saturated heterocycles. The monoisotopic (exact) mass is 351 g/mol. The van der Waals surface area contributed by atoms with E-state index in [1.165, 1.54) is 13.3 Å². The van der Waals surface area contributed by atoms with E-state index in [-0.39, 0.29) is 11.5 Å². The Morgan fingerprint density at radius 2 is 1.88 bits per heavy atom. The summed E-state index contributed by atoms with van der Waals surface area (Å²) >= 11 is 5.99. The first-order valence-corrected chi connectivity index (χ1v) is 8.26. The van der Waals surface area contributed by atoms with Crippen molar-refractivity contribution in [3.8, 4) is 17.0 Å². The summed E-state index contributed by atoms with van der Waals surface area (Å²) in [5, 5.41) is 0. The fraction of sp³-hybridized carbons (Fsp3) is 0.421. The van der Waals surface area contributed by atoms with Gasteiger partial charge in [0.2, 0.25) is 5.88 Å². The minimum Gasteiger partial charge on any atom is -0.481 e. The fourth-order valence-electron chi connectivity index (χ4n) is 2.84. The van der Waals surface area contributed by atoms with Crippen molar-refractivity contribution in [1.82, 2.24) is 4.98 Å². The Bertz CT molecular complexity index is 713. The summed E-state index contributed by atoms with van der Waals surface area (Å²) in [6.07, 6.45) is 0.959. The highest BCUT2D eigenvalue weighted by molar-refractivity contribution is 6.17. The SMILES string of the molecule is COc1cc(-c2ccc(CCl)cc2C(OC)C(C)(C)C)c(F)cn1. The minimum absolute atomic E-state index is 0.165. The number of rotatable bonds is 5. The summed E-state index contributed by atoms with van der Waals surface area (Å²) in [6, 6.07) is 7.36. The lowest BCUT2D eigenvalue weighted by atomic mass is 9.81. The van der Waals surface area contributed by atoms with Crippen molar-refractivity contribution < 1.29 is 13.9 Å². The van der Waals surface area contributed by atoms with Gasteiger partial charge in [0.1, 0.15) is 5.82 Å². The van der Waals surface area contributed by atoms with E-state index in [0.717, 1.165) is 16.7 Å². The number of aromatic nitrogens is 1. The molecule has 0 bridgehead atoms. The molecule has 0 aliphatic carbocycles. The van der Waals surface area contributed by atoms with Gasteiger partial charge in [-0.3, -0.25) is 0 Å². The van der Waals surface area contributed by atoms with Gasteiger partial charge >= 0.3 is 0 Å². The molecule has 3 nitrogen and oxygen atoms in total. The minimum atomic E-state index is -0.403. The second-order valence-electron chi connectivity index (χ2n) is 6.74. The smallest absolute Gasteiger partial charge is 0.213 e. The largest absolute Gasteiger partial charge is 0.481 e. The highest BCUT2D eigenvalue weighted by Gasteiger charge is 2.29. The summed E-state index contributed by atoms with van der Waals surface area (Å²) in [6.45, 7) is 6.26. The molecule has 24 heavy (non-hydrogen) atoms. The lowest BCUT2D eigenvalue weighted by Crippen LogP contribution is -2.21. The van der Waals surface area contributed by atoms with Crippen LogP contribution in [0, 0.1) is 11.2 Å². The molecule has 0 amide bonds. The molecule has 0 N–H and O–H groups in total. The number of nitrogens with zero attached hydrogens (tertiary/aromatic N) is 1. The van der Waals surface area contributed by atoms with E-state index in [2.05, 4.69) is 25.8 Å². The van der Waals surface area contributed by atoms with Crippen LogP contribution in [0.5, 0.6) is 5.88 Å². The Labute approximate surface area is 147 Å². The van der Waals surface area contributed by atoms with Crippen molar-refractivity contribution in [3.05, 3.63) is 47.4 Å². The Hall–Kier alpha value is -1.65. The number of halogens is 2. The number of ether oxygens (including phenoxy) is 2. The quantitative estimate of drug-likeness (QED) is 0.679. The molecule has 1 aromatic carbocycles. The maximum absolute atomic E-state index is 14.4. The zero-order chi connectivity index (χ0) is 17.9. The summed E-state index contributed by atoms with van der Waals surface area (Å²) in [5.74, 6) is 0.346. The molecule has 0 aliphatic heterocycles. The highest BCUT2D eigenvalue weighted by atomic mass is 35.5. The average Bonchev–Trinajstić information content (AvgIpc) is 2.55. The average molecular weight is 352 g/mol. The molecule has 0 saturated carbocycles. The van der Waals surface area contributed by atoms with E-state index in [9.17, 15) is 4.39 Å². The number of methoxy groups -OCH3 is 2. The Balaban J connectivity index is 2.70. The normalized spacial score (nSPS) is 13.0. The van der Waals surface area contributed by atoms with E-state index in [1.807, 2.05) is 18.2 Å². The van der Waals surface area contributed by atoms with E-state index >= 15 is 0 Å². The number of alkyl halides is 1. The van der Waals surface area contributed by atoms with Crippen LogP contribution in [0.3, 0.4) is 0 Å². The van der Waals surface area contributed by atoms with Gasteiger partial charge in [-0.25, -0.2) is 9.37 Å². The maximum Gasteiger partial charge on any atom is 0.213 e. The third-order valence-electron chi connectivity index (χ3n) is 3.90. The van der Waals surface area contributed by atoms with E-state index in [1.54, 1.807) is 13.2 Å². The Morgan fingerprint density at radius 3 is 2.42 bits per heavy atom. The molecule has 130 valence electrons. The molecule has 2 rings (SSSR count). The predicted molar refractivity (Wildman–Crippen MR) is 94.9 cm³/mol. The van der Waals surface area contributed by atoms with Gasteiger partial charge < -0.3 is 9.47 Å². The molecule has 1 atom stereocenters. The zero-order valence-electron chi connectivity index (χ0n) is 14.7. The van der Waals surface area contributed by atoms with Crippen molar-refractivity contribution in [2.75, 3.05) is 14.2 Å². The van der Waals surface area contributed by atoms with Crippen LogP contribution in [0.15, 0.2) is 30.5 Å². The van der Waals surface area contributed by atoms with Crippen LogP contribution in [-0.4, -0.2) is 19.2 Å². The zero-order valence-corrected chi connectivity index (χ0v) is 15.4. The molecular formula is C19H23ClFNO2. The maximum atomic E-state index is 14.4. The molecule has 1 aromatic heterocycles. The molecule has 1 unspecified atom stereocenters. The van der Waals surface area contributed by atoms with Crippen molar-refractivity contribution in [2.24, 2.45) is 5.41 Å². The molecule has 0 fully saturated rings. The van der Waals surface area contributed by atoms with Crippen molar-refractivity contribution >= 4 is 11.6 Å². The van der Waals surface area contributed by atoms with E-state index < -0.39 is 5.82 Å². The second kappa shape index (κ2) is 7.49. The summed E-state index contributed by atoms with van der Waals surface area (Å²) in [5.41, 5.74) is 2.88. The third-order valence-corrected chi connectivity index (χ3v) is 4.21. The second-order valence-corrected chi connectivity index (χ2v) is 7.01. The van der Waals surface area contributed by atoms with Crippen LogP contribution in [0.1, 0.15) is 38.0 Å². The number of hydrogen-bond donors (Lipinski definition) is 0. The number of pyridine rings is 1. The van der Waals surface area contributed by atoms with Crippen LogP contribution in [-0.2, 0) is 10.6 Å². The van der Waals surface area contributed by atoms with Gasteiger partial charge in [0.15, 0.2) is 0 Å². The molecule has 1 heterocycles. The Kier molecular flexibility index (Phi) is 5.83. The van der Waals surface area contributed by atoms with E-state index in [0.29, 0.717) is 17.3 Å². The number of hydrogen-bond acceptors (Lipinski definition) is 3. The van der Waals surface area contributed by atoms with Crippen molar-refractivity contribution in [2.45, 2.75) is 32.8 Å². The van der Waals surface area contributed by atoms with Gasteiger partial charge in [-0.1, -0.05) is 39.0 Å². The lowest BCUT2D eigenvalue weighted by molar-refractivity contribution is 0.0155. The van der Waals surface area contributed by atoms with Gasteiger partial charge in [-0.05, 0) is 22.1 Å². The van der Waals surface area contributed by atoms with Crippen molar-refractivity contribution in [3.63, 3.8) is 0 Å². The fourth-order valence-corrected chi connectivity index (χ4v) is 3.01. The molecule has 0 spiro atoms. The lowest BCUT2D eigenvalue weighted by Gasteiger charge is -2.31. The van der Waals surface area contributed by atoms with Crippen LogP contribution in [0.4, 0.5) is 4.39 Å². The highest BCUT2D eigenvalue weighted by Crippen LogP contribution is 2.41. The first-order valence-electron chi connectivity index (χ1n) is 7.73. The van der Waals surface area contributed by atoms with Gasteiger partial charge in [0, 0.05) is 24.6 Å². The first kappa shape index (κ1) is 18.7. The summed E-state index contributed by atoms with van der Waals surface area (Å²) < 4.78 is 25.3. The van der Waals surface area contributed by atoms with Crippen LogP contribution in [0.25, 0.3) is 11.1 Å². The number of benzene rings is 1. The molecule has 0 aliphatic rings. The summed E-state index contributed by atoms with van der Waals surface area (Å²) in [4.78, 5) is 3.91. The van der Waals surface area contributed by atoms with Crippen LogP contribution in [0.2, 0.25) is 0 Å². The Morgan fingerprint density at radius 1 is 1.17 bits per heavy atom. The van der Waals surface area contributed by atoms with Crippen molar-refractivity contribution in [1.29, 1.82) is 0 Å².